The first kappa shape index (κ1) is 26.1. The first-order valence-electron chi connectivity index (χ1n) is 14.2. The number of amides is 1. The predicted octanol–water partition coefficient (Wildman–Crippen LogP) is 7.01. The molecule has 0 atom stereocenters. The first-order valence-corrected chi connectivity index (χ1v) is 14.2. The zero-order chi connectivity index (χ0) is 26.3. The van der Waals surface area contributed by atoms with Crippen LogP contribution in [0.3, 0.4) is 0 Å². The minimum Gasteiger partial charge on any atom is -0.496 e. The van der Waals surface area contributed by atoms with Gasteiger partial charge in [-0.15, -0.1) is 0 Å². The number of ether oxygens (including phenoxy) is 1. The second-order valence-electron chi connectivity index (χ2n) is 11.0. The molecule has 1 amide bonds. The lowest BCUT2D eigenvalue weighted by Gasteiger charge is -2.35. The van der Waals surface area contributed by atoms with E-state index < -0.39 is 0 Å². The van der Waals surface area contributed by atoms with Crippen molar-refractivity contribution in [3.63, 3.8) is 0 Å². The smallest absolute Gasteiger partial charge is 0.230 e. The number of nitrogens with zero attached hydrogens (tertiary/aromatic N) is 2. The molecule has 0 bridgehead atoms. The van der Waals surface area contributed by atoms with Gasteiger partial charge in [0.1, 0.15) is 5.75 Å². The second kappa shape index (κ2) is 12.3. The van der Waals surface area contributed by atoms with Crippen LogP contribution in [-0.4, -0.2) is 29.8 Å². The van der Waals surface area contributed by atoms with Crippen molar-refractivity contribution in [2.24, 2.45) is 11.8 Å². The zero-order valence-corrected chi connectivity index (χ0v) is 22.7. The molecule has 0 unspecified atom stereocenters. The van der Waals surface area contributed by atoms with Crippen LogP contribution < -0.4 is 9.64 Å². The van der Waals surface area contributed by atoms with Crippen molar-refractivity contribution in [3.05, 3.63) is 77.1 Å². The Morgan fingerprint density at radius 2 is 1.79 bits per heavy atom. The summed E-state index contributed by atoms with van der Waals surface area (Å²) < 4.78 is 5.45. The summed E-state index contributed by atoms with van der Waals surface area (Å²) in [4.78, 5) is 16.0. The number of carbonyl (C=O) groups excluding carboxylic acids is 1. The topological polar surface area (TPSA) is 58.2 Å². The number of aromatic nitrogens is 2. The monoisotopic (exact) mass is 509 g/mol. The summed E-state index contributed by atoms with van der Waals surface area (Å²) in [5.74, 6) is 8.90. The Bertz CT molecular complexity index is 1270. The molecule has 2 fully saturated rings. The van der Waals surface area contributed by atoms with Crippen molar-refractivity contribution in [1.29, 1.82) is 0 Å². The number of anilines is 1. The summed E-state index contributed by atoms with van der Waals surface area (Å²) in [6.45, 7) is 2.92. The Morgan fingerprint density at radius 1 is 1.00 bits per heavy atom. The van der Waals surface area contributed by atoms with Crippen molar-refractivity contribution >= 4 is 11.6 Å². The molecule has 0 radical (unpaired) electrons. The molecule has 2 aliphatic carbocycles. The summed E-state index contributed by atoms with van der Waals surface area (Å²) in [6.07, 6.45) is 13.7. The fourth-order valence-electron chi connectivity index (χ4n) is 6.20. The Morgan fingerprint density at radius 3 is 2.50 bits per heavy atom. The lowest BCUT2D eigenvalue weighted by molar-refractivity contribution is -0.123. The molecule has 0 spiro atoms. The molecule has 0 aliphatic heterocycles. The van der Waals surface area contributed by atoms with Gasteiger partial charge >= 0.3 is 0 Å². The van der Waals surface area contributed by atoms with Gasteiger partial charge in [0.15, 0.2) is 0 Å². The van der Waals surface area contributed by atoms with Gasteiger partial charge < -0.3 is 9.64 Å². The van der Waals surface area contributed by atoms with E-state index in [1.165, 1.54) is 17.5 Å². The Hall–Kier alpha value is -3.52. The summed E-state index contributed by atoms with van der Waals surface area (Å²) in [5.41, 5.74) is 5.37. The van der Waals surface area contributed by atoms with Gasteiger partial charge in [-0.2, -0.15) is 5.10 Å². The standard InChI is InChI=1S/C33H39N3O2/c1-24-19-30(17-18-32(24)38-2)28-15-13-26(14-16-28)23-36(33(37)29-8-4-3-5-9-29)31-10-6-7-25(20-31)11-12-27-21-34-35-22-27/h6-7,10,17-22,26,28-29H,3-5,8-9,13-16,23H2,1-2H3,(H,34,35). The Balaban J connectivity index is 1.31. The van der Waals surface area contributed by atoms with Gasteiger partial charge in [-0.3, -0.25) is 9.89 Å². The Kier molecular flexibility index (Phi) is 8.48. The van der Waals surface area contributed by atoms with Crippen LogP contribution in [0.15, 0.2) is 54.9 Å². The number of hydrogen-bond acceptors (Lipinski definition) is 3. The van der Waals surface area contributed by atoms with Gasteiger partial charge in [0.25, 0.3) is 0 Å². The zero-order valence-electron chi connectivity index (χ0n) is 22.7. The van der Waals surface area contributed by atoms with Crippen molar-refractivity contribution in [1.82, 2.24) is 10.2 Å². The molecule has 3 aromatic rings. The molecule has 5 heteroatoms. The van der Waals surface area contributed by atoms with Crippen LogP contribution in [0.25, 0.3) is 0 Å². The molecular weight excluding hydrogens is 470 g/mol. The number of benzene rings is 2. The maximum absolute atomic E-state index is 13.9. The number of hydrogen-bond donors (Lipinski definition) is 1. The lowest BCUT2D eigenvalue weighted by Crippen LogP contribution is -2.41. The average molecular weight is 510 g/mol. The quantitative estimate of drug-likeness (QED) is 0.364. The van der Waals surface area contributed by atoms with Crippen molar-refractivity contribution in [2.75, 3.05) is 18.6 Å². The maximum Gasteiger partial charge on any atom is 0.230 e. The van der Waals surface area contributed by atoms with Crippen LogP contribution in [0.4, 0.5) is 5.69 Å². The van der Waals surface area contributed by atoms with Gasteiger partial charge in [0.2, 0.25) is 5.91 Å². The highest BCUT2D eigenvalue weighted by Crippen LogP contribution is 2.38. The van der Waals surface area contributed by atoms with Crippen LogP contribution in [0.5, 0.6) is 5.75 Å². The number of H-pyrrole nitrogens is 1. The SMILES string of the molecule is COc1ccc(C2CCC(CN(C(=O)C3CCCCC3)c3cccc(C#Cc4cn[nH]c4)c3)CC2)cc1C. The summed E-state index contributed by atoms with van der Waals surface area (Å²) in [7, 11) is 1.73. The van der Waals surface area contributed by atoms with Gasteiger partial charge in [-0.1, -0.05) is 49.3 Å². The number of aromatic amines is 1. The van der Waals surface area contributed by atoms with Crippen molar-refractivity contribution in [3.8, 4) is 17.6 Å². The molecule has 5 nitrogen and oxygen atoms in total. The van der Waals surface area contributed by atoms with E-state index in [-0.39, 0.29) is 5.92 Å². The highest BCUT2D eigenvalue weighted by molar-refractivity contribution is 5.95. The minimum atomic E-state index is 0.142. The number of nitrogens with one attached hydrogen (secondary N) is 1. The van der Waals surface area contributed by atoms with E-state index in [1.54, 1.807) is 19.5 Å². The van der Waals surface area contributed by atoms with E-state index in [1.807, 2.05) is 12.1 Å². The van der Waals surface area contributed by atoms with Gasteiger partial charge in [0.05, 0.1) is 18.9 Å². The third-order valence-corrected chi connectivity index (χ3v) is 8.41. The van der Waals surface area contributed by atoms with E-state index in [0.717, 1.165) is 80.5 Å². The molecule has 1 N–H and O–H groups in total. The average Bonchev–Trinajstić information content (AvgIpc) is 3.49. The van der Waals surface area contributed by atoms with E-state index in [9.17, 15) is 4.79 Å². The van der Waals surface area contributed by atoms with Gasteiger partial charge in [0, 0.05) is 29.9 Å². The molecule has 5 rings (SSSR count). The second-order valence-corrected chi connectivity index (χ2v) is 11.0. The maximum atomic E-state index is 13.9. The highest BCUT2D eigenvalue weighted by Gasteiger charge is 2.31. The van der Waals surface area contributed by atoms with Crippen LogP contribution >= 0.6 is 0 Å². The minimum absolute atomic E-state index is 0.142. The third kappa shape index (κ3) is 6.30. The molecule has 2 saturated carbocycles. The fourth-order valence-corrected chi connectivity index (χ4v) is 6.20. The van der Waals surface area contributed by atoms with E-state index >= 15 is 0 Å². The number of aryl methyl sites for hydroxylation is 1. The summed E-state index contributed by atoms with van der Waals surface area (Å²) in [5, 5.41) is 6.77. The molecule has 2 aliphatic rings. The summed E-state index contributed by atoms with van der Waals surface area (Å²) >= 11 is 0. The molecule has 38 heavy (non-hydrogen) atoms. The largest absolute Gasteiger partial charge is 0.496 e. The normalized spacial score (nSPS) is 19.8. The first-order chi connectivity index (χ1) is 18.6. The summed E-state index contributed by atoms with van der Waals surface area (Å²) in [6, 6.07) is 14.8. The third-order valence-electron chi connectivity index (χ3n) is 8.41. The molecule has 1 aromatic heterocycles. The molecule has 198 valence electrons. The molecular formula is C33H39N3O2. The van der Waals surface area contributed by atoms with Crippen molar-refractivity contribution in [2.45, 2.75) is 70.6 Å². The van der Waals surface area contributed by atoms with E-state index in [2.05, 4.69) is 64.2 Å². The van der Waals surface area contributed by atoms with Crippen molar-refractivity contribution < 1.29 is 9.53 Å². The predicted molar refractivity (Wildman–Crippen MR) is 152 cm³/mol. The molecule has 0 saturated heterocycles. The van der Waals surface area contributed by atoms with Crippen LogP contribution in [-0.2, 0) is 4.79 Å². The van der Waals surface area contributed by atoms with Gasteiger partial charge in [-0.05, 0) is 92.7 Å². The molecule has 2 aromatic carbocycles. The Labute approximate surface area is 227 Å². The lowest BCUT2D eigenvalue weighted by atomic mass is 9.78. The van der Waals surface area contributed by atoms with E-state index in [4.69, 9.17) is 4.74 Å². The highest BCUT2D eigenvalue weighted by atomic mass is 16.5. The van der Waals surface area contributed by atoms with E-state index in [0.29, 0.717) is 17.7 Å². The van der Waals surface area contributed by atoms with Gasteiger partial charge in [-0.25, -0.2) is 0 Å². The number of rotatable bonds is 6. The van der Waals surface area contributed by atoms with Crippen LogP contribution in [0.2, 0.25) is 0 Å². The fraction of sp³-hybridized carbons (Fsp3) is 0.455. The molecule has 1 heterocycles. The van der Waals surface area contributed by atoms with Crippen LogP contribution in [0.1, 0.15) is 86.0 Å². The van der Waals surface area contributed by atoms with Crippen LogP contribution in [0, 0.1) is 30.6 Å². The number of methoxy groups -OCH3 is 1. The number of carbonyl (C=O) groups is 1.